The minimum atomic E-state index is 0.337. The van der Waals surface area contributed by atoms with Gasteiger partial charge in [0.15, 0.2) is 0 Å². The molecule has 18 heavy (non-hydrogen) atoms. The van der Waals surface area contributed by atoms with E-state index in [0.29, 0.717) is 11.9 Å². The molecule has 1 aliphatic carbocycles. The molecule has 1 saturated carbocycles. The van der Waals surface area contributed by atoms with Crippen molar-refractivity contribution in [2.75, 3.05) is 6.54 Å². The Morgan fingerprint density at radius 2 is 1.89 bits per heavy atom. The molecule has 3 rings (SSSR count). The van der Waals surface area contributed by atoms with E-state index in [0.717, 1.165) is 17.7 Å². The third kappa shape index (κ3) is 2.26. The number of nitrogens with zero attached hydrogens (tertiary/aromatic N) is 1. The lowest BCUT2D eigenvalue weighted by Crippen LogP contribution is -2.28. The Bertz CT molecular complexity index is 556. The molecule has 1 aliphatic heterocycles. The molecule has 1 N–H and O–H groups in total. The molecule has 0 aromatic heterocycles. The maximum absolute atomic E-state index is 10.2. The highest BCUT2D eigenvalue weighted by Crippen LogP contribution is 2.31. The topological polar surface area (TPSA) is 23.5 Å². The quantitative estimate of drug-likeness (QED) is 0.759. The number of rotatable bonds is 1. The highest BCUT2D eigenvalue weighted by atomic mass is 16.3. The highest BCUT2D eigenvalue weighted by Gasteiger charge is 2.31. The van der Waals surface area contributed by atoms with Crippen molar-refractivity contribution in [3.63, 3.8) is 0 Å². The smallest absolute Gasteiger partial charge is 0.203 e. The largest absolute Gasteiger partial charge is 0.494 e. The highest BCUT2D eigenvalue weighted by molar-refractivity contribution is 5.47. The Hall–Kier alpha value is -2.14. The summed E-state index contributed by atoms with van der Waals surface area (Å²) in [5.74, 6) is 6.47. The Balaban J connectivity index is 1.85. The number of aliphatic hydroxyl groups is 1. The van der Waals surface area contributed by atoms with Gasteiger partial charge in [0, 0.05) is 18.2 Å². The summed E-state index contributed by atoms with van der Waals surface area (Å²) in [6.07, 6.45) is 6.33. The van der Waals surface area contributed by atoms with Crippen molar-refractivity contribution in [3.05, 3.63) is 59.5 Å². The molecule has 1 fully saturated rings. The van der Waals surface area contributed by atoms with Gasteiger partial charge in [-0.1, -0.05) is 36.1 Å². The molecule has 2 aliphatic rings. The number of allylic oxidation sites excluding steroid dienone is 2. The summed E-state index contributed by atoms with van der Waals surface area (Å²) in [4.78, 5) is 2.04. The molecule has 0 amide bonds. The standard InChI is InChI=1S/C16H15NO/c18-16-14(7-4-12-17(16)15-10-11-15)9-8-13-5-2-1-3-6-13/h1-7,15,18H,10-12H2. The van der Waals surface area contributed by atoms with Gasteiger partial charge in [-0.15, -0.1) is 0 Å². The minimum Gasteiger partial charge on any atom is -0.494 e. The second-order valence-corrected chi connectivity index (χ2v) is 4.64. The van der Waals surface area contributed by atoms with Crippen LogP contribution in [0.4, 0.5) is 0 Å². The molecule has 1 heterocycles. The summed E-state index contributed by atoms with van der Waals surface area (Å²) >= 11 is 0. The first-order valence-corrected chi connectivity index (χ1v) is 6.28. The van der Waals surface area contributed by atoms with E-state index >= 15 is 0 Å². The SMILES string of the molecule is OC1=C(C#Cc2ccccc2)C=CCN1C1CC1. The van der Waals surface area contributed by atoms with E-state index in [4.69, 9.17) is 0 Å². The zero-order valence-corrected chi connectivity index (χ0v) is 10.1. The van der Waals surface area contributed by atoms with Gasteiger partial charge >= 0.3 is 0 Å². The van der Waals surface area contributed by atoms with Crippen molar-refractivity contribution in [1.82, 2.24) is 4.90 Å². The van der Waals surface area contributed by atoms with Crippen LogP contribution < -0.4 is 0 Å². The molecule has 0 unspecified atom stereocenters. The van der Waals surface area contributed by atoms with E-state index in [1.54, 1.807) is 0 Å². The van der Waals surface area contributed by atoms with Crippen LogP contribution >= 0.6 is 0 Å². The average molecular weight is 237 g/mol. The Kier molecular flexibility index (Phi) is 2.82. The first-order valence-electron chi connectivity index (χ1n) is 6.28. The van der Waals surface area contributed by atoms with Crippen molar-refractivity contribution in [3.8, 4) is 11.8 Å². The summed E-state index contributed by atoms with van der Waals surface area (Å²) in [5, 5.41) is 10.2. The maximum Gasteiger partial charge on any atom is 0.203 e. The fourth-order valence-electron chi connectivity index (χ4n) is 2.07. The number of aliphatic hydroxyl groups excluding tert-OH is 1. The lowest BCUT2D eigenvalue weighted by Gasteiger charge is -2.25. The third-order valence-corrected chi connectivity index (χ3v) is 3.20. The van der Waals surface area contributed by atoms with Crippen molar-refractivity contribution >= 4 is 0 Å². The van der Waals surface area contributed by atoms with E-state index in [1.165, 1.54) is 12.8 Å². The van der Waals surface area contributed by atoms with Crippen molar-refractivity contribution < 1.29 is 5.11 Å². The summed E-state index contributed by atoms with van der Waals surface area (Å²) in [6.45, 7) is 0.799. The molecule has 0 saturated heterocycles. The molecular formula is C16H15NO. The van der Waals surface area contributed by atoms with Gasteiger partial charge < -0.3 is 10.0 Å². The van der Waals surface area contributed by atoms with Gasteiger partial charge in [-0.25, -0.2) is 0 Å². The molecule has 0 spiro atoms. The zero-order chi connectivity index (χ0) is 12.4. The first-order chi connectivity index (χ1) is 8.84. The maximum atomic E-state index is 10.2. The van der Waals surface area contributed by atoms with Crippen molar-refractivity contribution in [2.24, 2.45) is 0 Å². The van der Waals surface area contributed by atoms with Gasteiger partial charge in [-0.2, -0.15) is 0 Å². The van der Waals surface area contributed by atoms with Gasteiger partial charge in [0.25, 0.3) is 0 Å². The van der Waals surface area contributed by atoms with Gasteiger partial charge in [0.1, 0.15) is 0 Å². The minimum absolute atomic E-state index is 0.337. The van der Waals surface area contributed by atoms with Gasteiger partial charge in [0.2, 0.25) is 5.88 Å². The van der Waals surface area contributed by atoms with Crippen LogP contribution in [0.2, 0.25) is 0 Å². The second kappa shape index (κ2) is 4.62. The van der Waals surface area contributed by atoms with Crippen molar-refractivity contribution in [1.29, 1.82) is 0 Å². The fourth-order valence-corrected chi connectivity index (χ4v) is 2.07. The summed E-state index contributed by atoms with van der Waals surface area (Å²) in [7, 11) is 0. The van der Waals surface area contributed by atoms with Crippen LogP contribution in [0.3, 0.4) is 0 Å². The summed E-state index contributed by atoms with van der Waals surface area (Å²) in [5.41, 5.74) is 1.69. The van der Waals surface area contributed by atoms with Crippen LogP contribution in [0.15, 0.2) is 53.9 Å². The Labute approximate surface area is 107 Å². The summed E-state index contributed by atoms with van der Waals surface area (Å²) < 4.78 is 0. The number of benzene rings is 1. The number of hydrogen-bond acceptors (Lipinski definition) is 2. The van der Waals surface area contributed by atoms with Gasteiger partial charge in [-0.05, 0) is 31.1 Å². The second-order valence-electron chi connectivity index (χ2n) is 4.64. The Morgan fingerprint density at radius 1 is 1.11 bits per heavy atom. The molecule has 90 valence electrons. The monoisotopic (exact) mass is 237 g/mol. The van der Waals surface area contributed by atoms with E-state index in [9.17, 15) is 5.11 Å². The zero-order valence-electron chi connectivity index (χ0n) is 10.1. The van der Waals surface area contributed by atoms with Gasteiger partial charge in [0.05, 0.1) is 5.57 Å². The first kappa shape index (κ1) is 11.0. The number of hydrogen-bond donors (Lipinski definition) is 1. The molecular weight excluding hydrogens is 222 g/mol. The molecule has 1 aromatic rings. The third-order valence-electron chi connectivity index (χ3n) is 3.20. The molecule has 0 bridgehead atoms. The van der Waals surface area contributed by atoms with Crippen molar-refractivity contribution in [2.45, 2.75) is 18.9 Å². The Morgan fingerprint density at radius 3 is 2.61 bits per heavy atom. The average Bonchev–Trinajstić information content (AvgIpc) is 3.23. The predicted molar refractivity (Wildman–Crippen MR) is 71.8 cm³/mol. The summed E-state index contributed by atoms with van der Waals surface area (Å²) in [6, 6.07) is 10.4. The fraction of sp³-hybridized carbons (Fsp3) is 0.250. The molecule has 0 radical (unpaired) electrons. The van der Waals surface area contributed by atoms with E-state index < -0.39 is 0 Å². The van der Waals surface area contributed by atoms with E-state index in [1.807, 2.05) is 41.3 Å². The molecule has 2 nitrogen and oxygen atoms in total. The van der Waals surface area contributed by atoms with E-state index in [2.05, 4.69) is 17.9 Å². The van der Waals surface area contributed by atoms with Crippen LogP contribution in [-0.2, 0) is 0 Å². The lowest BCUT2D eigenvalue weighted by atomic mass is 10.1. The van der Waals surface area contributed by atoms with Crippen LogP contribution in [-0.4, -0.2) is 22.6 Å². The molecule has 1 aromatic carbocycles. The predicted octanol–water partition coefficient (Wildman–Crippen LogP) is 2.84. The molecule has 0 atom stereocenters. The van der Waals surface area contributed by atoms with Gasteiger partial charge in [-0.3, -0.25) is 0 Å². The van der Waals surface area contributed by atoms with Crippen LogP contribution in [0.5, 0.6) is 0 Å². The molecule has 2 heteroatoms. The van der Waals surface area contributed by atoms with Crippen LogP contribution in [0, 0.1) is 11.8 Å². The van der Waals surface area contributed by atoms with E-state index in [-0.39, 0.29) is 0 Å². The normalized spacial score (nSPS) is 18.6. The van der Waals surface area contributed by atoms with Crippen LogP contribution in [0.1, 0.15) is 18.4 Å². The van der Waals surface area contributed by atoms with Crippen LogP contribution in [0.25, 0.3) is 0 Å². The lowest BCUT2D eigenvalue weighted by molar-refractivity contribution is 0.203.